The average molecular weight is 374 g/mol. The number of aryl methyl sites for hydroxylation is 3. The van der Waals surface area contributed by atoms with Gasteiger partial charge in [-0.25, -0.2) is 14.2 Å². The molecule has 2 aliphatic rings. The summed E-state index contributed by atoms with van der Waals surface area (Å²) in [6.07, 6.45) is 3.58. The molecular weight excluding hydrogens is 355 g/mol. The Labute approximate surface area is 154 Å². The summed E-state index contributed by atoms with van der Waals surface area (Å²) in [7, 11) is 0. The minimum absolute atomic E-state index is 0.137. The molecule has 1 aliphatic carbocycles. The molecule has 4 rings (SSSR count). The number of nitrogens with zero attached hydrogens (tertiary/aromatic N) is 1. The summed E-state index contributed by atoms with van der Waals surface area (Å²) < 4.78 is 13.9. The third-order valence-electron chi connectivity index (χ3n) is 4.69. The molecule has 3 N–H and O–H groups in total. The summed E-state index contributed by atoms with van der Waals surface area (Å²) in [6, 6.07) is 2.04. The number of halogens is 1. The molecule has 1 aromatic heterocycles. The van der Waals surface area contributed by atoms with Gasteiger partial charge in [-0.05, 0) is 50.3 Å². The number of hydrogen-bond donors (Lipinski definition) is 3. The molecule has 0 radical (unpaired) electrons. The van der Waals surface area contributed by atoms with E-state index in [0.29, 0.717) is 24.1 Å². The average Bonchev–Trinajstić information content (AvgIpc) is 2.97. The lowest BCUT2D eigenvalue weighted by Gasteiger charge is -2.24. The number of benzene rings is 1. The van der Waals surface area contributed by atoms with Gasteiger partial charge < -0.3 is 16.0 Å². The van der Waals surface area contributed by atoms with Crippen LogP contribution in [0.5, 0.6) is 0 Å². The number of fused-ring (bicyclic) bond motifs is 2. The topological polar surface area (TPSA) is 83.1 Å². The summed E-state index contributed by atoms with van der Waals surface area (Å²) in [5, 5.41) is 9.34. The van der Waals surface area contributed by atoms with Crippen molar-refractivity contribution < 1.29 is 14.0 Å². The number of hydrogen-bond acceptors (Lipinski definition) is 4. The monoisotopic (exact) mass is 374 g/mol. The summed E-state index contributed by atoms with van der Waals surface area (Å²) in [4.78, 5) is 29.9. The predicted molar refractivity (Wildman–Crippen MR) is 98.0 cm³/mol. The number of amides is 3. The Balaban J connectivity index is 1.53. The molecule has 26 heavy (non-hydrogen) atoms. The van der Waals surface area contributed by atoms with Crippen LogP contribution in [0, 0.1) is 12.7 Å². The van der Waals surface area contributed by atoms with Crippen LogP contribution in [0.4, 0.5) is 20.6 Å². The molecule has 2 heterocycles. The molecule has 0 spiro atoms. The van der Waals surface area contributed by atoms with Crippen molar-refractivity contribution in [2.75, 3.05) is 10.6 Å². The van der Waals surface area contributed by atoms with E-state index in [1.165, 1.54) is 17.0 Å². The van der Waals surface area contributed by atoms with E-state index in [4.69, 9.17) is 0 Å². The lowest BCUT2D eigenvalue weighted by molar-refractivity contribution is -0.116. The number of carbonyl (C=O) groups excluding carboxylic acids is 2. The van der Waals surface area contributed by atoms with Crippen molar-refractivity contribution in [1.29, 1.82) is 0 Å². The van der Waals surface area contributed by atoms with Gasteiger partial charge in [0.1, 0.15) is 5.82 Å². The van der Waals surface area contributed by atoms with Gasteiger partial charge in [0.25, 0.3) is 0 Å². The molecule has 2 aromatic rings. The van der Waals surface area contributed by atoms with Crippen LogP contribution in [-0.4, -0.2) is 16.9 Å². The molecule has 0 unspecified atom stereocenters. The van der Waals surface area contributed by atoms with Gasteiger partial charge in [0, 0.05) is 11.3 Å². The SMILES string of the molecule is Cc1nc2c(s1)CCC[C@H]2NC(=O)Nc1cc(F)cc2c1NC(=O)CC2. The maximum Gasteiger partial charge on any atom is 0.319 e. The zero-order valence-corrected chi connectivity index (χ0v) is 15.1. The quantitative estimate of drug-likeness (QED) is 0.750. The van der Waals surface area contributed by atoms with Gasteiger partial charge in [-0.2, -0.15) is 0 Å². The summed E-state index contributed by atoms with van der Waals surface area (Å²) in [5.74, 6) is -0.576. The predicted octanol–water partition coefficient (Wildman–Crippen LogP) is 3.67. The third kappa shape index (κ3) is 3.29. The van der Waals surface area contributed by atoms with Crippen LogP contribution < -0.4 is 16.0 Å². The normalized spacial score (nSPS) is 18.5. The van der Waals surface area contributed by atoms with E-state index in [1.54, 1.807) is 11.3 Å². The van der Waals surface area contributed by atoms with Crippen molar-refractivity contribution >= 4 is 34.6 Å². The first-order chi connectivity index (χ1) is 12.5. The molecule has 0 bridgehead atoms. The van der Waals surface area contributed by atoms with Crippen molar-refractivity contribution in [2.24, 2.45) is 0 Å². The number of urea groups is 1. The Morgan fingerprint density at radius 3 is 3.04 bits per heavy atom. The van der Waals surface area contributed by atoms with Gasteiger partial charge in [-0.15, -0.1) is 11.3 Å². The number of anilines is 2. The van der Waals surface area contributed by atoms with Crippen LogP contribution in [0.2, 0.25) is 0 Å². The van der Waals surface area contributed by atoms with E-state index >= 15 is 0 Å². The van der Waals surface area contributed by atoms with Crippen molar-refractivity contribution in [3.8, 4) is 0 Å². The summed E-state index contributed by atoms with van der Waals surface area (Å²) >= 11 is 1.67. The number of aromatic nitrogens is 1. The minimum Gasteiger partial charge on any atom is -0.329 e. The molecule has 1 atom stereocenters. The number of thiazole rings is 1. The van der Waals surface area contributed by atoms with Gasteiger partial charge in [0.05, 0.1) is 28.1 Å². The summed E-state index contributed by atoms with van der Waals surface area (Å²) in [5.41, 5.74) is 2.38. The Morgan fingerprint density at radius 1 is 1.35 bits per heavy atom. The fraction of sp³-hybridized carbons (Fsp3) is 0.389. The third-order valence-corrected chi connectivity index (χ3v) is 5.73. The first kappa shape index (κ1) is 17.0. The van der Waals surface area contributed by atoms with E-state index in [0.717, 1.165) is 30.0 Å². The lowest BCUT2D eigenvalue weighted by Crippen LogP contribution is -2.35. The maximum atomic E-state index is 13.9. The molecule has 0 saturated carbocycles. The summed E-state index contributed by atoms with van der Waals surface area (Å²) in [6.45, 7) is 1.96. The minimum atomic E-state index is -0.440. The Morgan fingerprint density at radius 2 is 2.19 bits per heavy atom. The van der Waals surface area contributed by atoms with Crippen LogP contribution >= 0.6 is 11.3 Å². The lowest BCUT2D eigenvalue weighted by atomic mass is 9.98. The van der Waals surface area contributed by atoms with E-state index in [9.17, 15) is 14.0 Å². The van der Waals surface area contributed by atoms with Gasteiger partial charge in [0.2, 0.25) is 5.91 Å². The maximum absolute atomic E-state index is 13.9. The van der Waals surface area contributed by atoms with Gasteiger partial charge >= 0.3 is 6.03 Å². The highest BCUT2D eigenvalue weighted by Crippen LogP contribution is 2.34. The van der Waals surface area contributed by atoms with Crippen LogP contribution in [-0.2, 0) is 17.6 Å². The first-order valence-electron chi connectivity index (χ1n) is 8.65. The molecule has 0 saturated heterocycles. The molecule has 1 aromatic carbocycles. The van der Waals surface area contributed by atoms with Crippen LogP contribution in [0.25, 0.3) is 0 Å². The fourth-order valence-electron chi connectivity index (χ4n) is 3.55. The second-order valence-electron chi connectivity index (χ2n) is 6.62. The Bertz CT molecular complexity index is 896. The highest BCUT2D eigenvalue weighted by molar-refractivity contribution is 7.11. The van der Waals surface area contributed by atoms with Crippen molar-refractivity contribution in [1.82, 2.24) is 10.3 Å². The van der Waals surface area contributed by atoms with Gasteiger partial charge in [0.15, 0.2) is 0 Å². The molecular formula is C18H19FN4O2S. The fourth-order valence-corrected chi connectivity index (χ4v) is 4.59. The van der Waals surface area contributed by atoms with Crippen molar-refractivity contribution in [3.05, 3.63) is 39.1 Å². The van der Waals surface area contributed by atoms with E-state index in [-0.39, 0.29) is 17.6 Å². The highest BCUT2D eigenvalue weighted by Gasteiger charge is 2.26. The first-order valence-corrected chi connectivity index (χ1v) is 9.47. The largest absolute Gasteiger partial charge is 0.329 e. The van der Waals surface area contributed by atoms with Crippen LogP contribution in [0.15, 0.2) is 12.1 Å². The molecule has 0 fully saturated rings. The molecule has 6 nitrogen and oxygen atoms in total. The van der Waals surface area contributed by atoms with E-state index in [2.05, 4.69) is 20.9 Å². The Kier molecular flexibility index (Phi) is 4.36. The van der Waals surface area contributed by atoms with E-state index in [1.807, 2.05) is 6.92 Å². The van der Waals surface area contributed by atoms with Gasteiger partial charge in [-0.3, -0.25) is 4.79 Å². The Hall–Kier alpha value is -2.48. The zero-order valence-electron chi connectivity index (χ0n) is 14.3. The molecule has 1 aliphatic heterocycles. The second-order valence-corrected chi connectivity index (χ2v) is 7.91. The molecule has 136 valence electrons. The molecule has 3 amide bonds. The number of carbonyl (C=O) groups is 2. The standard InChI is InChI=1S/C18H19FN4O2S/c1-9-20-17-12(3-2-4-14(17)26-9)21-18(25)22-13-8-11(19)7-10-5-6-15(24)23-16(10)13/h7-8,12H,2-6H2,1H3,(H,23,24)(H2,21,22,25)/t12-/m1/s1. The van der Waals surface area contributed by atoms with E-state index < -0.39 is 11.8 Å². The smallest absolute Gasteiger partial charge is 0.319 e. The van der Waals surface area contributed by atoms with Crippen LogP contribution in [0.3, 0.4) is 0 Å². The van der Waals surface area contributed by atoms with Crippen molar-refractivity contribution in [2.45, 2.75) is 45.1 Å². The zero-order chi connectivity index (χ0) is 18.3. The highest BCUT2D eigenvalue weighted by atomic mass is 32.1. The second kappa shape index (κ2) is 6.68. The number of nitrogens with one attached hydrogen (secondary N) is 3. The van der Waals surface area contributed by atoms with Gasteiger partial charge in [-0.1, -0.05) is 0 Å². The van der Waals surface area contributed by atoms with Crippen molar-refractivity contribution in [3.63, 3.8) is 0 Å². The van der Waals surface area contributed by atoms with Crippen LogP contribution in [0.1, 0.15) is 46.4 Å². The number of rotatable bonds is 2. The molecule has 8 heteroatoms.